The van der Waals surface area contributed by atoms with Crippen LogP contribution < -0.4 is 5.56 Å². The van der Waals surface area contributed by atoms with Crippen molar-refractivity contribution in [1.82, 2.24) is 20.2 Å². The first-order valence-corrected chi connectivity index (χ1v) is 7.65. The monoisotopic (exact) mass is 296 g/mol. The Morgan fingerprint density at radius 3 is 2.55 bits per heavy atom. The molecular formula is C17H20N4O. The molecule has 5 nitrogen and oxygen atoms in total. The second kappa shape index (κ2) is 5.75. The molecular weight excluding hydrogens is 276 g/mol. The zero-order chi connectivity index (χ0) is 15.7. The first-order valence-electron chi connectivity index (χ1n) is 7.65. The predicted octanol–water partition coefficient (Wildman–Crippen LogP) is 3.31. The number of rotatable bonds is 4. The second-order valence-electron chi connectivity index (χ2n) is 5.81. The highest BCUT2D eigenvalue weighted by molar-refractivity contribution is 5.76. The molecule has 1 atom stereocenters. The van der Waals surface area contributed by atoms with Crippen molar-refractivity contribution in [3.05, 3.63) is 57.8 Å². The first kappa shape index (κ1) is 14.5. The number of nitrogens with zero attached hydrogens (tertiary/aromatic N) is 2. The van der Waals surface area contributed by atoms with E-state index in [1.807, 2.05) is 32.0 Å². The van der Waals surface area contributed by atoms with Crippen molar-refractivity contribution in [1.29, 1.82) is 0 Å². The summed E-state index contributed by atoms with van der Waals surface area (Å²) in [7, 11) is 0. The summed E-state index contributed by atoms with van der Waals surface area (Å²) in [5.41, 5.74) is 2.97. The standard InChI is InChI=1S/C17H20N4O/c1-4-12(11-8-6-5-7-9-11)16-18-14-13(10(2)3)20-21-15(14)17(22)19-16/h5-10,12H,4H2,1-3H3,(H,20,21)(H,18,19,22)/t12-/m1/s1. The minimum Gasteiger partial charge on any atom is -0.308 e. The van der Waals surface area contributed by atoms with Crippen molar-refractivity contribution in [2.75, 3.05) is 0 Å². The Morgan fingerprint density at radius 2 is 1.91 bits per heavy atom. The molecule has 0 fully saturated rings. The molecule has 0 aliphatic carbocycles. The fourth-order valence-electron chi connectivity index (χ4n) is 2.79. The van der Waals surface area contributed by atoms with Crippen LogP contribution in [-0.2, 0) is 0 Å². The largest absolute Gasteiger partial charge is 0.308 e. The quantitative estimate of drug-likeness (QED) is 0.775. The Balaban J connectivity index is 2.18. The summed E-state index contributed by atoms with van der Waals surface area (Å²) in [5.74, 6) is 0.996. The molecule has 1 aromatic carbocycles. The molecule has 0 unspecified atom stereocenters. The highest BCUT2D eigenvalue weighted by Gasteiger charge is 2.19. The fourth-order valence-corrected chi connectivity index (χ4v) is 2.79. The third-order valence-corrected chi connectivity index (χ3v) is 3.96. The SMILES string of the molecule is CC[C@H](c1ccccc1)c1nc2c(C(C)C)n[nH]c2c(=O)[nH]1. The number of fused-ring (bicyclic) bond motifs is 1. The lowest BCUT2D eigenvalue weighted by Crippen LogP contribution is -2.15. The van der Waals surface area contributed by atoms with Crippen molar-refractivity contribution in [3.63, 3.8) is 0 Å². The first-order chi connectivity index (χ1) is 10.6. The molecule has 0 aliphatic heterocycles. The molecule has 0 saturated carbocycles. The van der Waals surface area contributed by atoms with Crippen LogP contribution in [-0.4, -0.2) is 20.2 Å². The average molecular weight is 296 g/mol. The van der Waals surface area contributed by atoms with Gasteiger partial charge in [-0.15, -0.1) is 0 Å². The van der Waals surface area contributed by atoms with Crippen LogP contribution in [0.3, 0.4) is 0 Å². The van der Waals surface area contributed by atoms with Crippen molar-refractivity contribution in [2.24, 2.45) is 0 Å². The fraction of sp³-hybridized carbons (Fsp3) is 0.353. The Labute approximate surface area is 128 Å². The molecule has 114 valence electrons. The molecule has 5 heteroatoms. The van der Waals surface area contributed by atoms with Crippen LogP contribution in [0.4, 0.5) is 0 Å². The lowest BCUT2D eigenvalue weighted by Gasteiger charge is -2.14. The number of nitrogens with one attached hydrogen (secondary N) is 2. The molecule has 0 aliphatic rings. The van der Waals surface area contributed by atoms with Crippen LogP contribution in [0.5, 0.6) is 0 Å². The molecule has 0 spiro atoms. The van der Waals surface area contributed by atoms with Gasteiger partial charge in [0, 0.05) is 5.92 Å². The van der Waals surface area contributed by atoms with E-state index in [1.54, 1.807) is 0 Å². The Bertz CT molecular complexity index is 833. The van der Waals surface area contributed by atoms with Crippen LogP contribution in [0.2, 0.25) is 0 Å². The number of aromatic nitrogens is 4. The van der Waals surface area contributed by atoms with Gasteiger partial charge in [-0.25, -0.2) is 4.98 Å². The number of benzene rings is 1. The summed E-state index contributed by atoms with van der Waals surface area (Å²) in [6.45, 7) is 6.19. The molecule has 22 heavy (non-hydrogen) atoms. The molecule has 2 heterocycles. The summed E-state index contributed by atoms with van der Waals surface area (Å²) in [4.78, 5) is 19.9. The summed E-state index contributed by atoms with van der Waals surface area (Å²) >= 11 is 0. The van der Waals surface area contributed by atoms with E-state index in [0.717, 1.165) is 17.7 Å². The summed E-state index contributed by atoms with van der Waals surface area (Å²) in [6.07, 6.45) is 0.868. The zero-order valence-corrected chi connectivity index (χ0v) is 13.1. The smallest absolute Gasteiger partial charge is 0.276 e. The average Bonchev–Trinajstić information content (AvgIpc) is 2.94. The van der Waals surface area contributed by atoms with Gasteiger partial charge in [-0.05, 0) is 17.9 Å². The van der Waals surface area contributed by atoms with Crippen LogP contribution in [0.1, 0.15) is 56.1 Å². The molecule has 0 saturated heterocycles. The van der Waals surface area contributed by atoms with Crippen LogP contribution in [0.25, 0.3) is 11.0 Å². The van der Waals surface area contributed by atoms with E-state index in [2.05, 4.69) is 34.2 Å². The van der Waals surface area contributed by atoms with E-state index in [4.69, 9.17) is 4.98 Å². The molecule has 3 rings (SSSR count). The second-order valence-corrected chi connectivity index (χ2v) is 5.81. The van der Waals surface area contributed by atoms with E-state index in [9.17, 15) is 4.79 Å². The van der Waals surface area contributed by atoms with Gasteiger partial charge in [0.15, 0.2) is 0 Å². The van der Waals surface area contributed by atoms with E-state index in [0.29, 0.717) is 16.9 Å². The van der Waals surface area contributed by atoms with Gasteiger partial charge in [-0.2, -0.15) is 5.10 Å². The molecule has 2 aromatic heterocycles. The van der Waals surface area contributed by atoms with Crippen molar-refractivity contribution in [3.8, 4) is 0 Å². The van der Waals surface area contributed by atoms with Gasteiger partial charge < -0.3 is 4.98 Å². The van der Waals surface area contributed by atoms with E-state index >= 15 is 0 Å². The van der Waals surface area contributed by atoms with E-state index in [1.165, 1.54) is 0 Å². The van der Waals surface area contributed by atoms with Gasteiger partial charge in [0.25, 0.3) is 5.56 Å². The Morgan fingerprint density at radius 1 is 1.18 bits per heavy atom. The molecule has 0 radical (unpaired) electrons. The van der Waals surface area contributed by atoms with Gasteiger partial charge in [0.05, 0.1) is 5.69 Å². The van der Waals surface area contributed by atoms with E-state index < -0.39 is 0 Å². The number of aromatic amines is 2. The Kier molecular flexibility index (Phi) is 3.79. The van der Waals surface area contributed by atoms with Crippen molar-refractivity contribution >= 4 is 11.0 Å². The number of hydrogen-bond donors (Lipinski definition) is 2. The molecule has 3 aromatic rings. The minimum atomic E-state index is -0.159. The molecule has 0 bridgehead atoms. The summed E-state index contributed by atoms with van der Waals surface area (Å²) in [6, 6.07) is 10.1. The van der Waals surface area contributed by atoms with Gasteiger partial charge in [-0.1, -0.05) is 51.1 Å². The third-order valence-electron chi connectivity index (χ3n) is 3.96. The maximum Gasteiger partial charge on any atom is 0.276 e. The number of H-pyrrole nitrogens is 2. The topological polar surface area (TPSA) is 74.4 Å². The van der Waals surface area contributed by atoms with Gasteiger partial charge in [0.2, 0.25) is 0 Å². The normalized spacial score (nSPS) is 12.9. The predicted molar refractivity (Wildman–Crippen MR) is 87.2 cm³/mol. The van der Waals surface area contributed by atoms with Crippen LogP contribution in [0.15, 0.2) is 35.1 Å². The molecule has 2 N–H and O–H groups in total. The lowest BCUT2D eigenvalue weighted by atomic mass is 9.95. The summed E-state index contributed by atoms with van der Waals surface area (Å²) < 4.78 is 0. The Hall–Kier alpha value is -2.43. The van der Waals surface area contributed by atoms with Gasteiger partial charge >= 0.3 is 0 Å². The number of hydrogen-bond acceptors (Lipinski definition) is 3. The zero-order valence-electron chi connectivity index (χ0n) is 13.1. The maximum atomic E-state index is 12.3. The minimum absolute atomic E-state index is 0.0770. The van der Waals surface area contributed by atoms with Crippen molar-refractivity contribution < 1.29 is 0 Å². The van der Waals surface area contributed by atoms with Gasteiger partial charge in [-0.3, -0.25) is 9.89 Å². The highest BCUT2D eigenvalue weighted by atomic mass is 16.1. The highest BCUT2D eigenvalue weighted by Crippen LogP contribution is 2.26. The maximum absolute atomic E-state index is 12.3. The third kappa shape index (κ3) is 2.43. The molecule has 0 amide bonds. The van der Waals surface area contributed by atoms with E-state index in [-0.39, 0.29) is 17.4 Å². The van der Waals surface area contributed by atoms with Gasteiger partial charge in [0.1, 0.15) is 16.9 Å². The van der Waals surface area contributed by atoms with Crippen molar-refractivity contribution in [2.45, 2.75) is 39.0 Å². The lowest BCUT2D eigenvalue weighted by molar-refractivity contribution is 0.716. The van der Waals surface area contributed by atoms with Crippen LogP contribution >= 0.6 is 0 Å². The van der Waals surface area contributed by atoms with Crippen LogP contribution in [0, 0.1) is 0 Å². The summed E-state index contributed by atoms with van der Waals surface area (Å²) in [5, 5.41) is 7.05.